The fourth-order valence-electron chi connectivity index (χ4n) is 5.61. The monoisotopic (exact) mass is 510 g/mol. The van der Waals surface area contributed by atoms with Crippen LogP contribution in [0, 0.1) is 27.7 Å². The molecule has 3 aliphatic rings. The van der Waals surface area contributed by atoms with Crippen molar-refractivity contribution >= 4 is 28.4 Å². The summed E-state index contributed by atoms with van der Waals surface area (Å²) >= 11 is 2.31. The highest BCUT2D eigenvalue weighted by Crippen LogP contribution is 2.40. The van der Waals surface area contributed by atoms with Gasteiger partial charge in [-0.3, -0.25) is 4.79 Å². The van der Waals surface area contributed by atoms with E-state index in [0.717, 1.165) is 59.7 Å². The largest absolute Gasteiger partial charge is 0.491 e. The molecule has 4 rings (SSSR count). The number of Topliss-reactive ketones (excluding diaryl/α,β-unsaturated/α-hetero) is 1. The van der Waals surface area contributed by atoms with Gasteiger partial charge in [0.25, 0.3) is 0 Å². The Bertz CT molecular complexity index is 741. The molecule has 4 nitrogen and oxygen atoms in total. The molecular formula is C24H35IN2O2. The Morgan fingerprint density at radius 2 is 1.66 bits per heavy atom. The summed E-state index contributed by atoms with van der Waals surface area (Å²) in [7, 11) is 0. The van der Waals surface area contributed by atoms with E-state index in [2.05, 4.69) is 59.2 Å². The van der Waals surface area contributed by atoms with Crippen LogP contribution in [0.2, 0.25) is 0 Å². The number of hydrogen-bond donors (Lipinski definition) is 0. The Kier molecular flexibility index (Phi) is 6.57. The lowest BCUT2D eigenvalue weighted by atomic mass is 9.76. The molecule has 0 saturated carbocycles. The Balaban J connectivity index is 1.65. The number of halogens is 1. The van der Waals surface area contributed by atoms with E-state index in [0.29, 0.717) is 24.2 Å². The maximum absolute atomic E-state index is 14.0. The van der Waals surface area contributed by atoms with Crippen molar-refractivity contribution in [1.82, 2.24) is 9.80 Å². The minimum Gasteiger partial charge on any atom is -0.491 e. The lowest BCUT2D eigenvalue weighted by Gasteiger charge is -2.45. The molecule has 5 heteroatoms. The standard InChI is InChI=1S/C24H35IN2O2/c1-17-6-4-8-26(12-17)14-24(15-27-9-5-7-18(2)13-27)16-29-22-20(23(24)28)10-19(3)11-21(22)25/h10-11,17-18H,4-9,12-16H2,1-3H3/t17-,18-/m1/s1. The summed E-state index contributed by atoms with van der Waals surface area (Å²) < 4.78 is 7.40. The average molecular weight is 510 g/mol. The number of benzene rings is 1. The van der Waals surface area contributed by atoms with Crippen LogP contribution < -0.4 is 4.74 Å². The van der Waals surface area contributed by atoms with E-state index in [4.69, 9.17) is 4.74 Å². The third-order valence-corrected chi connectivity index (χ3v) is 7.74. The van der Waals surface area contributed by atoms with Crippen LogP contribution in [0.1, 0.15) is 55.5 Å². The number of nitrogens with zero attached hydrogens (tertiary/aromatic N) is 2. The van der Waals surface area contributed by atoms with Gasteiger partial charge < -0.3 is 14.5 Å². The topological polar surface area (TPSA) is 32.8 Å². The lowest BCUT2D eigenvalue weighted by molar-refractivity contribution is 0.0162. The quantitative estimate of drug-likeness (QED) is 0.554. The number of carbonyl (C=O) groups excluding carboxylic acids is 1. The summed E-state index contributed by atoms with van der Waals surface area (Å²) in [5.74, 6) is 2.53. The lowest BCUT2D eigenvalue weighted by Crippen LogP contribution is -2.57. The van der Waals surface area contributed by atoms with Crippen molar-refractivity contribution in [2.75, 3.05) is 45.9 Å². The molecule has 0 unspecified atom stereocenters. The van der Waals surface area contributed by atoms with E-state index >= 15 is 0 Å². The molecule has 160 valence electrons. The molecule has 2 fully saturated rings. The predicted octanol–water partition coefficient (Wildman–Crippen LogP) is 4.62. The molecule has 0 aromatic heterocycles. The number of likely N-dealkylation sites (tertiary alicyclic amines) is 2. The highest BCUT2D eigenvalue weighted by atomic mass is 127. The third-order valence-electron chi connectivity index (χ3n) is 6.94. The zero-order valence-electron chi connectivity index (χ0n) is 18.2. The number of rotatable bonds is 4. The van der Waals surface area contributed by atoms with Crippen molar-refractivity contribution in [2.24, 2.45) is 17.3 Å². The molecule has 1 aromatic carbocycles. The smallest absolute Gasteiger partial charge is 0.178 e. The zero-order valence-corrected chi connectivity index (χ0v) is 20.3. The maximum Gasteiger partial charge on any atom is 0.178 e. The molecule has 3 heterocycles. The van der Waals surface area contributed by atoms with Gasteiger partial charge in [0.1, 0.15) is 12.4 Å². The maximum atomic E-state index is 14.0. The Hall–Kier alpha value is -0.660. The van der Waals surface area contributed by atoms with E-state index in [1.807, 2.05) is 6.07 Å². The number of fused-ring (bicyclic) bond motifs is 1. The second-order valence-corrected chi connectivity index (χ2v) is 11.1. The van der Waals surface area contributed by atoms with E-state index in [-0.39, 0.29) is 0 Å². The van der Waals surface area contributed by atoms with Gasteiger partial charge in [0, 0.05) is 26.2 Å². The minimum atomic E-state index is -0.460. The van der Waals surface area contributed by atoms with E-state index < -0.39 is 5.41 Å². The first-order valence-electron chi connectivity index (χ1n) is 11.3. The average Bonchev–Trinajstić information content (AvgIpc) is 2.65. The number of piperidine rings is 2. The van der Waals surface area contributed by atoms with Crippen molar-refractivity contribution < 1.29 is 9.53 Å². The first-order valence-corrected chi connectivity index (χ1v) is 12.4. The number of carbonyl (C=O) groups is 1. The van der Waals surface area contributed by atoms with Gasteiger partial charge in [-0.1, -0.05) is 13.8 Å². The molecule has 29 heavy (non-hydrogen) atoms. The molecule has 0 spiro atoms. The summed E-state index contributed by atoms with van der Waals surface area (Å²) in [5.41, 5.74) is 1.48. The number of ketones is 1. The Labute approximate surface area is 189 Å². The zero-order chi connectivity index (χ0) is 20.6. The van der Waals surface area contributed by atoms with Crippen LogP contribution in [0.4, 0.5) is 0 Å². The SMILES string of the molecule is Cc1cc(I)c2c(c1)C(=O)C(CN1CCC[C@@H](C)C1)(CN1CCC[C@@H](C)C1)CO2. The number of ether oxygens (including phenoxy) is 1. The van der Waals surface area contributed by atoms with Gasteiger partial charge in [-0.25, -0.2) is 0 Å². The van der Waals surface area contributed by atoms with Gasteiger partial charge in [-0.15, -0.1) is 0 Å². The van der Waals surface area contributed by atoms with Crippen molar-refractivity contribution in [3.63, 3.8) is 0 Å². The second kappa shape index (κ2) is 8.83. The van der Waals surface area contributed by atoms with Crippen LogP contribution in [-0.2, 0) is 0 Å². The molecule has 1 aromatic rings. The Morgan fingerprint density at radius 3 is 2.21 bits per heavy atom. The van der Waals surface area contributed by atoms with Gasteiger partial charge in [0.15, 0.2) is 5.78 Å². The van der Waals surface area contributed by atoms with Crippen molar-refractivity contribution in [3.05, 3.63) is 26.8 Å². The molecule has 2 saturated heterocycles. The van der Waals surface area contributed by atoms with Crippen LogP contribution in [0.25, 0.3) is 0 Å². The van der Waals surface area contributed by atoms with Gasteiger partial charge in [0.05, 0.1) is 14.5 Å². The van der Waals surface area contributed by atoms with Crippen molar-refractivity contribution in [3.8, 4) is 5.75 Å². The van der Waals surface area contributed by atoms with Crippen LogP contribution >= 0.6 is 22.6 Å². The van der Waals surface area contributed by atoms with Gasteiger partial charge >= 0.3 is 0 Å². The molecule has 0 N–H and O–H groups in total. The minimum absolute atomic E-state index is 0.303. The fourth-order valence-corrected chi connectivity index (χ4v) is 6.54. The highest BCUT2D eigenvalue weighted by molar-refractivity contribution is 14.1. The molecule has 0 bridgehead atoms. The van der Waals surface area contributed by atoms with Gasteiger partial charge in [-0.2, -0.15) is 0 Å². The highest BCUT2D eigenvalue weighted by Gasteiger charge is 2.47. The molecule has 0 amide bonds. The molecular weight excluding hydrogens is 475 g/mol. The first kappa shape index (κ1) is 21.6. The van der Waals surface area contributed by atoms with E-state index in [1.165, 1.54) is 25.7 Å². The van der Waals surface area contributed by atoms with E-state index in [9.17, 15) is 4.79 Å². The normalized spacial score (nSPS) is 28.1. The summed E-state index contributed by atoms with van der Waals surface area (Å²) in [6, 6.07) is 4.16. The fraction of sp³-hybridized carbons (Fsp3) is 0.708. The Morgan fingerprint density at radius 1 is 1.07 bits per heavy atom. The first-order chi connectivity index (χ1) is 13.9. The summed E-state index contributed by atoms with van der Waals surface area (Å²) in [6.07, 6.45) is 5.08. The van der Waals surface area contributed by atoms with Crippen LogP contribution in [0.15, 0.2) is 12.1 Å². The van der Waals surface area contributed by atoms with Crippen LogP contribution in [-0.4, -0.2) is 61.5 Å². The van der Waals surface area contributed by atoms with Gasteiger partial charge in [-0.05, 0) is 97.8 Å². The van der Waals surface area contributed by atoms with Gasteiger partial charge in [0.2, 0.25) is 0 Å². The molecule has 0 aliphatic carbocycles. The predicted molar refractivity (Wildman–Crippen MR) is 126 cm³/mol. The second-order valence-electron chi connectivity index (χ2n) is 9.99. The third kappa shape index (κ3) is 4.67. The van der Waals surface area contributed by atoms with Crippen molar-refractivity contribution in [2.45, 2.75) is 46.5 Å². The van der Waals surface area contributed by atoms with E-state index in [1.54, 1.807) is 0 Å². The summed E-state index contributed by atoms with van der Waals surface area (Å²) in [6.45, 7) is 13.3. The van der Waals surface area contributed by atoms with Crippen LogP contribution in [0.3, 0.4) is 0 Å². The molecule has 3 aliphatic heterocycles. The number of hydrogen-bond acceptors (Lipinski definition) is 4. The summed E-state index contributed by atoms with van der Waals surface area (Å²) in [4.78, 5) is 19.1. The van der Waals surface area contributed by atoms with Crippen LogP contribution in [0.5, 0.6) is 5.75 Å². The summed E-state index contributed by atoms with van der Waals surface area (Å²) in [5, 5.41) is 0. The molecule has 0 radical (unpaired) electrons. The number of aryl methyl sites for hydroxylation is 1. The molecule has 2 atom stereocenters. The van der Waals surface area contributed by atoms with Crippen molar-refractivity contribution in [1.29, 1.82) is 0 Å².